The summed E-state index contributed by atoms with van der Waals surface area (Å²) in [6.07, 6.45) is 0. The van der Waals surface area contributed by atoms with Crippen molar-refractivity contribution in [3.05, 3.63) is 46.1 Å². The molecule has 0 aliphatic carbocycles. The molecule has 1 aromatic carbocycles. The van der Waals surface area contributed by atoms with E-state index in [1.165, 1.54) is 11.5 Å². The molecule has 0 spiro atoms. The van der Waals surface area contributed by atoms with Crippen molar-refractivity contribution < 1.29 is 0 Å². The molecule has 0 unspecified atom stereocenters. The number of aromatic nitrogens is 1. The number of nitrogens with zero attached hydrogens (tertiary/aromatic N) is 2. The molecule has 1 aromatic heterocycles. The zero-order chi connectivity index (χ0) is 12.3. The number of nitrogens with one attached hydrogen (secondary N) is 1. The van der Waals surface area contributed by atoms with E-state index in [4.69, 9.17) is 16.9 Å². The highest BCUT2D eigenvalue weighted by Crippen LogP contribution is 2.24. The van der Waals surface area contributed by atoms with Crippen molar-refractivity contribution in [1.29, 1.82) is 5.26 Å². The van der Waals surface area contributed by atoms with Crippen molar-refractivity contribution in [2.24, 2.45) is 0 Å². The maximum Gasteiger partial charge on any atom is 0.127 e. The Morgan fingerprint density at radius 1 is 1.53 bits per heavy atom. The summed E-state index contributed by atoms with van der Waals surface area (Å²) in [5.74, 6) is 0. The topological polar surface area (TPSA) is 48.7 Å². The summed E-state index contributed by atoms with van der Waals surface area (Å²) in [5.41, 5.74) is 2.47. The fourth-order valence-electron chi connectivity index (χ4n) is 1.45. The van der Waals surface area contributed by atoms with Crippen LogP contribution in [0.4, 0.5) is 5.00 Å². The molecule has 0 aliphatic heterocycles. The second kappa shape index (κ2) is 5.17. The highest BCUT2D eigenvalue weighted by atomic mass is 35.5. The average molecular weight is 264 g/mol. The van der Waals surface area contributed by atoms with Crippen LogP contribution >= 0.6 is 23.1 Å². The molecular weight excluding hydrogens is 254 g/mol. The van der Waals surface area contributed by atoms with Gasteiger partial charge in [-0.2, -0.15) is 9.64 Å². The molecule has 0 atom stereocenters. The molecule has 0 saturated carbocycles. The Bertz CT molecular complexity index is 571. The van der Waals surface area contributed by atoms with Crippen LogP contribution in [0.25, 0.3) is 0 Å². The van der Waals surface area contributed by atoms with E-state index in [9.17, 15) is 0 Å². The van der Waals surface area contributed by atoms with Crippen molar-refractivity contribution in [3.8, 4) is 6.07 Å². The van der Waals surface area contributed by atoms with Gasteiger partial charge in [-0.15, -0.1) is 0 Å². The second-order valence-corrected chi connectivity index (χ2v) is 4.78. The third-order valence-corrected chi connectivity index (χ3v) is 3.45. The molecule has 1 N–H and O–H groups in total. The first-order chi connectivity index (χ1) is 8.20. The molecule has 86 valence electrons. The summed E-state index contributed by atoms with van der Waals surface area (Å²) in [4.78, 5) is 0. The van der Waals surface area contributed by atoms with Crippen LogP contribution in [-0.2, 0) is 6.54 Å². The third kappa shape index (κ3) is 2.76. The minimum absolute atomic E-state index is 0.622. The van der Waals surface area contributed by atoms with E-state index in [1.807, 2.05) is 31.2 Å². The molecule has 0 radical (unpaired) electrons. The fourth-order valence-corrected chi connectivity index (χ4v) is 2.41. The maximum atomic E-state index is 8.99. The summed E-state index contributed by atoms with van der Waals surface area (Å²) in [7, 11) is 0. The van der Waals surface area contributed by atoms with Gasteiger partial charge in [0.25, 0.3) is 0 Å². The van der Waals surface area contributed by atoms with Crippen molar-refractivity contribution in [1.82, 2.24) is 4.37 Å². The van der Waals surface area contributed by atoms with Gasteiger partial charge >= 0.3 is 0 Å². The van der Waals surface area contributed by atoms with Crippen molar-refractivity contribution in [2.45, 2.75) is 13.5 Å². The quantitative estimate of drug-likeness (QED) is 0.921. The van der Waals surface area contributed by atoms with E-state index in [0.29, 0.717) is 17.1 Å². The minimum atomic E-state index is 0.622. The maximum absolute atomic E-state index is 8.99. The van der Waals surface area contributed by atoms with Crippen LogP contribution in [0.3, 0.4) is 0 Å². The van der Waals surface area contributed by atoms with Gasteiger partial charge in [-0.1, -0.05) is 23.7 Å². The first-order valence-corrected chi connectivity index (χ1v) is 6.20. The summed E-state index contributed by atoms with van der Waals surface area (Å²) >= 11 is 7.21. The lowest BCUT2D eigenvalue weighted by molar-refractivity contribution is 1.16. The van der Waals surface area contributed by atoms with E-state index >= 15 is 0 Å². The van der Waals surface area contributed by atoms with Crippen LogP contribution in [-0.4, -0.2) is 4.37 Å². The van der Waals surface area contributed by atoms with Crippen LogP contribution in [0.2, 0.25) is 5.02 Å². The zero-order valence-corrected chi connectivity index (χ0v) is 10.8. The smallest absolute Gasteiger partial charge is 0.127 e. The number of hydrogen-bond donors (Lipinski definition) is 1. The first-order valence-electron chi connectivity index (χ1n) is 5.05. The zero-order valence-electron chi connectivity index (χ0n) is 9.20. The van der Waals surface area contributed by atoms with Gasteiger partial charge in [0.1, 0.15) is 16.6 Å². The highest BCUT2D eigenvalue weighted by Gasteiger charge is 2.09. The van der Waals surface area contributed by atoms with Crippen molar-refractivity contribution in [2.75, 3.05) is 5.32 Å². The number of benzene rings is 1. The highest BCUT2D eigenvalue weighted by molar-refractivity contribution is 7.10. The Morgan fingerprint density at radius 3 is 3.06 bits per heavy atom. The van der Waals surface area contributed by atoms with Gasteiger partial charge in [0, 0.05) is 11.6 Å². The Kier molecular flexibility index (Phi) is 3.62. The third-order valence-electron chi connectivity index (χ3n) is 2.32. The van der Waals surface area contributed by atoms with Crippen LogP contribution in [0.5, 0.6) is 0 Å². The predicted molar refractivity (Wildman–Crippen MR) is 70.3 cm³/mol. The van der Waals surface area contributed by atoms with Crippen LogP contribution in [0.1, 0.15) is 16.8 Å². The second-order valence-electron chi connectivity index (χ2n) is 3.57. The number of nitriles is 1. The van der Waals surface area contributed by atoms with Gasteiger partial charge < -0.3 is 5.32 Å². The van der Waals surface area contributed by atoms with E-state index in [2.05, 4.69) is 15.8 Å². The molecule has 0 fully saturated rings. The number of rotatable bonds is 3. The summed E-state index contributed by atoms with van der Waals surface area (Å²) < 4.78 is 4.15. The van der Waals surface area contributed by atoms with E-state index < -0.39 is 0 Å². The largest absolute Gasteiger partial charge is 0.370 e. The lowest BCUT2D eigenvalue weighted by Crippen LogP contribution is -1.99. The SMILES string of the molecule is Cc1nsc(NCc2cccc(Cl)c2)c1C#N. The van der Waals surface area contributed by atoms with Gasteiger partial charge in [-0.05, 0) is 36.2 Å². The molecule has 0 amide bonds. The van der Waals surface area contributed by atoms with Crippen LogP contribution < -0.4 is 5.32 Å². The molecule has 2 aromatic rings. The van der Waals surface area contributed by atoms with Gasteiger partial charge in [-0.25, -0.2) is 0 Å². The minimum Gasteiger partial charge on any atom is -0.370 e. The Balaban J connectivity index is 2.10. The normalized spacial score (nSPS) is 9.94. The van der Waals surface area contributed by atoms with Crippen LogP contribution in [0, 0.1) is 18.3 Å². The summed E-state index contributed by atoms with van der Waals surface area (Å²) in [5, 5.41) is 13.7. The standard InChI is InChI=1S/C12H10ClN3S/c1-8-11(6-14)12(17-16-8)15-7-9-3-2-4-10(13)5-9/h2-5,15H,7H2,1H3. The number of anilines is 1. The van der Waals surface area contributed by atoms with Gasteiger partial charge in [0.05, 0.1) is 5.69 Å². The molecule has 0 aliphatic rings. The fraction of sp³-hybridized carbons (Fsp3) is 0.167. The Morgan fingerprint density at radius 2 is 2.35 bits per heavy atom. The van der Waals surface area contributed by atoms with Crippen molar-refractivity contribution in [3.63, 3.8) is 0 Å². The van der Waals surface area contributed by atoms with Gasteiger partial charge in [0.2, 0.25) is 0 Å². The molecule has 17 heavy (non-hydrogen) atoms. The van der Waals surface area contributed by atoms with E-state index in [-0.39, 0.29) is 0 Å². The molecule has 1 heterocycles. The molecule has 3 nitrogen and oxygen atoms in total. The van der Waals surface area contributed by atoms with Crippen LogP contribution in [0.15, 0.2) is 24.3 Å². The first kappa shape index (κ1) is 11.9. The summed E-state index contributed by atoms with van der Waals surface area (Å²) in [6, 6.07) is 9.77. The lowest BCUT2D eigenvalue weighted by Gasteiger charge is -2.04. The number of aryl methyl sites for hydroxylation is 1. The molecule has 0 bridgehead atoms. The summed E-state index contributed by atoms with van der Waals surface area (Å²) in [6.45, 7) is 2.47. The average Bonchev–Trinajstić information content (AvgIpc) is 2.67. The Hall–Kier alpha value is -1.57. The lowest BCUT2D eigenvalue weighted by atomic mass is 10.2. The van der Waals surface area contributed by atoms with E-state index in [0.717, 1.165) is 16.3 Å². The molecule has 5 heteroatoms. The number of halogens is 1. The van der Waals surface area contributed by atoms with Gasteiger partial charge in [-0.3, -0.25) is 0 Å². The van der Waals surface area contributed by atoms with Gasteiger partial charge in [0.15, 0.2) is 0 Å². The van der Waals surface area contributed by atoms with E-state index in [1.54, 1.807) is 0 Å². The number of hydrogen-bond acceptors (Lipinski definition) is 4. The Labute approximate surface area is 109 Å². The molecular formula is C12H10ClN3S. The van der Waals surface area contributed by atoms with Crippen molar-refractivity contribution >= 4 is 28.1 Å². The molecule has 0 saturated heterocycles. The monoisotopic (exact) mass is 263 g/mol. The predicted octanol–water partition coefficient (Wildman–Crippen LogP) is 3.59. The molecule has 2 rings (SSSR count).